The van der Waals surface area contributed by atoms with Crippen LogP contribution in [0.5, 0.6) is 0 Å². The standard InChI is InChI=1S/C17H14ClFN2O3S/c1-21(2)17-16(25(22,23)14-8-6-13(19)7-9-14)20-15(24-17)11-4-3-5-12(18)10-11/h3-10H,1-2H3. The Kier molecular flexibility index (Phi) is 4.53. The summed E-state index contributed by atoms with van der Waals surface area (Å²) < 4.78 is 44.5. The molecule has 130 valence electrons. The van der Waals surface area contributed by atoms with Crippen LogP contribution in [0, 0.1) is 5.82 Å². The van der Waals surface area contributed by atoms with Crippen LogP contribution < -0.4 is 4.90 Å². The first-order valence-corrected chi connectivity index (χ1v) is 9.10. The third kappa shape index (κ3) is 3.38. The summed E-state index contributed by atoms with van der Waals surface area (Å²) >= 11 is 5.97. The SMILES string of the molecule is CN(C)c1oc(-c2cccc(Cl)c2)nc1S(=O)(=O)c1ccc(F)cc1. The quantitative estimate of drug-likeness (QED) is 0.639. The molecule has 5 nitrogen and oxygen atoms in total. The highest BCUT2D eigenvalue weighted by molar-refractivity contribution is 7.91. The summed E-state index contributed by atoms with van der Waals surface area (Å²) in [7, 11) is -0.685. The molecule has 1 heterocycles. The third-order valence-electron chi connectivity index (χ3n) is 3.44. The van der Waals surface area contributed by atoms with E-state index in [0.29, 0.717) is 10.6 Å². The molecule has 0 saturated carbocycles. The van der Waals surface area contributed by atoms with Gasteiger partial charge in [0.2, 0.25) is 26.6 Å². The summed E-state index contributed by atoms with van der Waals surface area (Å²) in [5, 5.41) is 0.240. The molecule has 0 N–H and O–H groups in total. The molecule has 2 aromatic carbocycles. The van der Waals surface area contributed by atoms with Crippen LogP contribution >= 0.6 is 11.6 Å². The fraction of sp³-hybridized carbons (Fsp3) is 0.118. The summed E-state index contributed by atoms with van der Waals surface area (Å²) in [4.78, 5) is 5.61. The minimum atomic E-state index is -3.97. The van der Waals surface area contributed by atoms with Crippen LogP contribution in [0.3, 0.4) is 0 Å². The minimum Gasteiger partial charge on any atom is -0.419 e. The van der Waals surface area contributed by atoms with Gasteiger partial charge >= 0.3 is 0 Å². The van der Waals surface area contributed by atoms with Crippen molar-refractivity contribution in [2.75, 3.05) is 19.0 Å². The Morgan fingerprint density at radius 3 is 2.40 bits per heavy atom. The van der Waals surface area contributed by atoms with Crippen LogP contribution in [-0.2, 0) is 9.84 Å². The monoisotopic (exact) mass is 380 g/mol. The maximum Gasteiger partial charge on any atom is 0.235 e. The van der Waals surface area contributed by atoms with E-state index in [9.17, 15) is 12.8 Å². The van der Waals surface area contributed by atoms with Gasteiger partial charge in [-0.1, -0.05) is 17.7 Å². The number of nitrogens with zero attached hydrogens (tertiary/aromatic N) is 2. The lowest BCUT2D eigenvalue weighted by Gasteiger charge is -2.10. The molecule has 25 heavy (non-hydrogen) atoms. The zero-order chi connectivity index (χ0) is 18.2. The molecule has 0 amide bonds. The number of benzene rings is 2. The second-order valence-corrected chi connectivity index (χ2v) is 7.79. The fourth-order valence-electron chi connectivity index (χ4n) is 2.23. The van der Waals surface area contributed by atoms with Gasteiger partial charge in [-0.05, 0) is 42.5 Å². The molecule has 3 rings (SSSR count). The highest BCUT2D eigenvalue weighted by Crippen LogP contribution is 2.34. The van der Waals surface area contributed by atoms with E-state index < -0.39 is 15.7 Å². The van der Waals surface area contributed by atoms with Crippen molar-refractivity contribution in [2.45, 2.75) is 9.92 Å². The maximum atomic E-state index is 13.1. The molecule has 0 unspecified atom stereocenters. The maximum absolute atomic E-state index is 13.1. The fourth-order valence-corrected chi connectivity index (χ4v) is 3.79. The Bertz CT molecular complexity index is 1010. The molecule has 0 aliphatic carbocycles. The topological polar surface area (TPSA) is 63.4 Å². The molecule has 0 spiro atoms. The van der Waals surface area contributed by atoms with Gasteiger partial charge in [-0.15, -0.1) is 0 Å². The molecule has 0 atom stereocenters. The second kappa shape index (κ2) is 6.50. The van der Waals surface area contributed by atoms with E-state index in [1.165, 1.54) is 17.0 Å². The number of sulfone groups is 1. The highest BCUT2D eigenvalue weighted by atomic mass is 35.5. The Hall–Kier alpha value is -2.38. The van der Waals surface area contributed by atoms with Gasteiger partial charge in [0, 0.05) is 24.7 Å². The largest absolute Gasteiger partial charge is 0.419 e. The van der Waals surface area contributed by atoms with E-state index in [4.69, 9.17) is 16.0 Å². The Morgan fingerprint density at radius 1 is 1.12 bits per heavy atom. The Labute approximate surface area is 149 Å². The molecule has 1 aromatic heterocycles. The number of hydrogen-bond acceptors (Lipinski definition) is 5. The zero-order valence-corrected chi connectivity index (χ0v) is 15.0. The molecular formula is C17H14ClFN2O3S. The van der Waals surface area contributed by atoms with Gasteiger partial charge in [0.15, 0.2) is 0 Å². The van der Waals surface area contributed by atoms with E-state index >= 15 is 0 Å². The van der Waals surface area contributed by atoms with Crippen LogP contribution in [0.25, 0.3) is 11.5 Å². The molecular weight excluding hydrogens is 367 g/mol. The van der Waals surface area contributed by atoms with E-state index in [2.05, 4.69) is 4.98 Å². The average Bonchev–Trinajstić information content (AvgIpc) is 3.02. The van der Waals surface area contributed by atoms with Crippen molar-refractivity contribution >= 4 is 27.3 Å². The van der Waals surface area contributed by atoms with Gasteiger partial charge in [-0.2, -0.15) is 4.98 Å². The number of halogens is 2. The molecule has 8 heteroatoms. The molecule has 0 fully saturated rings. The van der Waals surface area contributed by atoms with Gasteiger partial charge in [-0.3, -0.25) is 0 Å². The first-order valence-electron chi connectivity index (χ1n) is 7.24. The van der Waals surface area contributed by atoms with E-state index in [1.807, 2.05) is 0 Å². The third-order valence-corrected chi connectivity index (χ3v) is 5.34. The lowest BCUT2D eigenvalue weighted by molar-refractivity contribution is 0.564. The lowest BCUT2D eigenvalue weighted by Crippen LogP contribution is -2.13. The van der Waals surface area contributed by atoms with Crippen molar-refractivity contribution in [1.29, 1.82) is 0 Å². The van der Waals surface area contributed by atoms with E-state index in [0.717, 1.165) is 12.1 Å². The van der Waals surface area contributed by atoms with Gasteiger partial charge in [0.05, 0.1) is 4.90 Å². The first-order chi connectivity index (χ1) is 11.8. The first kappa shape index (κ1) is 17.4. The minimum absolute atomic E-state index is 0.0667. The molecule has 0 saturated heterocycles. The van der Waals surface area contributed by atoms with Crippen LogP contribution in [0.2, 0.25) is 5.02 Å². The van der Waals surface area contributed by atoms with Crippen LogP contribution in [0.1, 0.15) is 0 Å². The smallest absolute Gasteiger partial charge is 0.235 e. The Balaban J connectivity index is 2.16. The normalized spacial score (nSPS) is 11.5. The average molecular weight is 381 g/mol. The predicted octanol–water partition coefficient (Wildman–Crippen LogP) is 4.03. The van der Waals surface area contributed by atoms with Crippen molar-refractivity contribution in [1.82, 2.24) is 4.98 Å². The predicted molar refractivity (Wildman–Crippen MR) is 93.1 cm³/mol. The van der Waals surface area contributed by atoms with Crippen molar-refractivity contribution in [2.24, 2.45) is 0 Å². The summed E-state index contributed by atoms with van der Waals surface area (Å²) in [5.41, 5.74) is 0.552. The van der Waals surface area contributed by atoms with Gasteiger partial charge in [-0.25, -0.2) is 12.8 Å². The molecule has 0 aliphatic rings. The highest BCUT2D eigenvalue weighted by Gasteiger charge is 2.29. The van der Waals surface area contributed by atoms with Crippen molar-refractivity contribution in [3.63, 3.8) is 0 Å². The second-order valence-electron chi connectivity index (χ2n) is 5.49. The van der Waals surface area contributed by atoms with Gasteiger partial charge < -0.3 is 9.32 Å². The zero-order valence-electron chi connectivity index (χ0n) is 13.4. The summed E-state index contributed by atoms with van der Waals surface area (Å²) in [6, 6.07) is 11.3. The van der Waals surface area contributed by atoms with E-state index in [1.54, 1.807) is 38.4 Å². The van der Waals surface area contributed by atoms with Crippen molar-refractivity contribution in [3.05, 3.63) is 59.4 Å². The number of oxazole rings is 1. The van der Waals surface area contributed by atoms with Gasteiger partial charge in [0.25, 0.3) is 0 Å². The summed E-state index contributed by atoms with van der Waals surface area (Å²) in [5.74, 6) is -0.308. The van der Waals surface area contributed by atoms with Crippen molar-refractivity contribution < 1.29 is 17.2 Å². The Morgan fingerprint density at radius 2 is 1.80 bits per heavy atom. The molecule has 0 bridgehead atoms. The van der Waals surface area contributed by atoms with E-state index in [-0.39, 0.29) is 21.7 Å². The van der Waals surface area contributed by atoms with Crippen LogP contribution in [-0.4, -0.2) is 27.5 Å². The van der Waals surface area contributed by atoms with Gasteiger partial charge in [0.1, 0.15) is 5.82 Å². The summed E-state index contributed by atoms with van der Waals surface area (Å²) in [6.07, 6.45) is 0. The molecule has 0 radical (unpaired) electrons. The number of hydrogen-bond donors (Lipinski definition) is 0. The number of aromatic nitrogens is 1. The molecule has 0 aliphatic heterocycles. The van der Waals surface area contributed by atoms with Crippen molar-refractivity contribution in [3.8, 4) is 11.5 Å². The number of rotatable bonds is 4. The molecule has 3 aromatic rings. The van der Waals surface area contributed by atoms with Crippen LogP contribution in [0.15, 0.2) is 62.9 Å². The van der Waals surface area contributed by atoms with Crippen LogP contribution in [0.4, 0.5) is 10.3 Å². The summed E-state index contributed by atoms with van der Waals surface area (Å²) in [6.45, 7) is 0. The number of anilines is 1. The lowest BCUT2D eigenvalue weighted by atomic mass is 10.2.